The number of amides is 1. The molecule has 172 valence electrons. The lowest BCUT2D eigenvalue weighted by Crippen LogP contribution is -2.47. The van der Waals surface area contributed by atoms with Crippen molar-refractivity contribution >= 4 is 20.4 Å². The molecule has 0 aliphatic heterocycles. The molecule has 0 spiro atoms. The first-order valence-electron chi connectivity index (χ1n) is 11.0. The zero-order chi connectivity index (χ0) is 23.5. The van der Waals surface area contributed by atoms with Gasteiger partial charge >= 0.3 is 12.1 Å². The number of carboxylic acid groups (broad SMARTS) is 1. The Morgan fingerprint density at radius 1 is 1.03 bits per heavy atom. The molecule has 1 amide bonds. The smallest absolute Gasteiger partial charge is 0.407 e. The van der Waals surface area contributed by atoms with Crippen molar-refractivity contribution in [3.8, 4) is 11.1 Å². The molecule has 0 radical (unpaired) electrons. The lowest BCUT2D eigenvalue weighted by atomic mass is 9.98. The fourth-order valence-electron chi connectivity index (χ4n) is 3.69. The average molecular weight is 456 g/mol. The monoisotopic (exact) mass is 455 g/mol. The Bertz CT molecular complexity index is 937. The molecule has 0 saturated heterocycles. The minimum Gasteiger partial charge on any atom is -0.481 e. The third kappa shape index (κ3) is 5.39. The second-order valence-corrected chi connectivity index (χ2v) is 14.6. The highest BCUT2D eigenvalue weighted by atomic mass is 28.4. The molecular formula is C25H33NO5Si. The summed E-state index contributed by atoms with van der Waals surface area (Å²) in [5.74, 6) is -1.04. The van der Waals surface area contributed by atoms with E-state index in [1.54, 1.807) is 0 Å². The summed E-state index contributed by atoms with van der Waals surface area (Å²) in [6, 6.07) is 15.6. The summed E-state index contributed by atoms with van der Waals surface area (Å²) in [5.41, 5.74) is 4.57. The number of carbonyl (C=O) groups excluding carboxylic acids is 1. The average Bonchev–Trinajstić information content (AvgIpc) is 3.03. The molecule has 32 heavy (non-hydrogen) atoms. The first kappa shape index (κ1) is 24.0. The van der Waals surface area contributed by atoms with Crippen molar-refractivity contribution in [3.63, 3.8) is 0 Å². The topological polar surface area (TPSA) is 84.9 Å². The molecule has 0 heterocycles. The van der Waals surface area contributed by atoms with Crippen LogP contribution in [0.3, 0.4) is 0 Å². The zero-order valence-corrected chi connectivity index (χ0v) is 20.5. The maximum absolute atomic E-state index is 12.6. The number of hydrogen-bond acceptors (Lipinski definition) is 4. The van der Waals surface area contributed by atoms with E-state index in [-0.39, 0.29) is 30.6 Å². The Kier molecular flexibility index (Phi) is 7.10. The maximum atomic E-state index is 12.6. The number of benzene rings is 2. The number of fused-ring (bicyclic) bond motifs is 3. The first-order valence-corrected chi connectivity index (χ1v) is 13.9. The predicted octanol–water partition coefficient (Wildman–Crippen LogP) is 5.39. The van der Waals surface area contributed by atoms with Crippen LogP contribution in [0, 0.1) is 0 Å². The van der Waals surface area contributed by atoms with Crippen molar-refractivity contribution in [2.24, 2.45) is 0 Å². The van der Waals surface area contributed by atoms with Gasteiger partial charge in [0.05, 0.1) is 19.1 Å². The van der Waals surface area contributed by atoms with Crippen LogP contribution in [0.1, 0.15) is 44.2 Å². The Hall–Kier alpha value is -2.64. The fraction of sp³-hybridized carbons (Fsp3) is 0.440. The van der Waals surface area contributed by atoms with Gasteiger partial charge in [-0.25, -0.2) is 4.79 Å². The number of nitrogens with one attached hydrogen (secondary N) is 1. The number of ether oxygens (including phenoxy) is 1. The van der Waals surface area contributed by atoms with Gasteiger partial charge < -0.3 is 19.6 Å². The van der Waals surface area contributed by atoms with Crippen molar-refractivity contribution in [2.45, 2.75) is 57.3 Å². The SMILES string of the molecule is CC(C)(C)[Si](C)(C)OC[C@@H](CC(=O)O)NC(=O)OCC1c2ccccc2-c2ccccc21. The van der Waals surface area contributed by atoms with Gasteiger partial charge in [-0.3, -0.25) is 4.79 Å². The number of carboxylic acids is 1. The highest BCUT2D eigenvalue weighted by molar-refractivity contribution is 6.74. The van der Waals surface area contributed by atoms with Crippen LogP contribution in [0.25, 0.3) is 11.1 Å². The zero-order valence-electron chi connectivity index (χ0n) is 19.5. The molecule has 7 heteroatoms. The van der Waals surface area contributed by atoms with Crippen LogP contribution in [0.5, 0.6) is 0 Å². The molecule has 0 bridgehead atoms. The minimum absolute atomic E-state index is 0.00939. The molecule has 0 fully saturated rings. The van der Waals surface area contributed by atoms with Crippen LogP contribution < -0.4 is 5.32 Å². The molecule has 1 aliphatic rings. The van der Waals surface area contributed by atoms with Crippen molar-refractivity contribution in [1.82, 2.24) is 5.32 Å². The second-order valence-electron chi connectivity index (χ2n) is 9.84. The third-order valence-corrected chi connectivity index (χ3v) is 11.0. The van der Waals surface area contributed by atoms with Crippen LogP contribution in [-0.4, -0.2) is 44.7 Å². The number of hydrogen-bond donors (Lipinski definition) is 2. The Morgan fingerprint density at radius 2 is 1.56 bits per heavy atom. The molecule has 0 unspecified atom stereocenters. The van der Waals surface area contributed by atoms with Gasteiger partial charge in [-0.05, 0) is 40.4 Å². The largest absolute Gasteiger partial charge is 0.481 e. The lowest BCUT2D eigenvalue weighted by molar-refractivity contribution is -0.137. The van der Waals surface area contributed by atoms with E-state index in [0.717, 1.165) is 22.3 Å². The van der Waals surface area contributed by atoms with Gasteiger partial charge in [0.25, 0.3) is 0 Å². The Morgan fingerprint density at radius 3 is 2.06 bits per heavy atom. The van der Waals surface area contributed by atoms with E-state index in [4.69, 9.17) is 9.16 Å². The summed E-state index contributed by atoms with van der Waals surface area (Å²) in [7, 11) is -2.07. The lowest BCUT2D eigenvalue weighted by Gasteiger charge is -2.37. The van der Waals surface area contributed by atoms with Gasteiger partial charge in [-0.15, -0.1) is 0 Å². The molecule has 1 aliphatic carbocycles. The van der Waals surface area contributed by atoms with E-state index in [0.29, 0.717) is 0 Å². The number of alkyl carbamates (subject to hydrolysis) is 1. The van der Waals surface area contributed by atoms with Gasteiger partial charge in [0.15, 0.2) is 8.32 Å². The van der Waals surface area contributed by atoms with Gasteiger partial charge in [-0.1, -0.05) is 69.3 Å². The van der Waals surface area contributed by atoms with Crippen molar-refractivity contribution in [3.05, 3.63) is 59.7 Å². The molecule has 2 N–H and O–H groups in total. The summed E-state index contributed by atoms with van der Waals surface area (Å²) >= 11 is 0. The molecule has 0 aromatic heterocycles. The summed E-state index contributed by atoms with van der Waals surface area (Å²) in [4.78, 5) is 23.9. The van der Waals surface area contributed by atoms with E-state index < -0.39 is 26.4 Å². The highest BCUT2D eigenvalue weighted by Crippen LogP contribution is 2.44. The normalized spacial score (nSPS) is 14.4. The molecular weight excluding hydrogens is 422 g/mol. The van der Waals surface area contributed by atoms with E-state index >= 15 is 0 Å². The number of carbonyl (C=O) groups is 2. The van der Waals surface area contributed by atoms with Gasteiger partial charge in [0, 0.05) is 5.92 Å². The van der Waals surface area contributed by atoms with Gasteiger partial charge in [0.2, 0.25) is 0 Å². The predicted molar refractivity (Wildman–Crippen MR) is 127 cm³/mol. The van der Waals surface area contributed by atoms with Crippen LogP contribution in [-0.2, 0) is 14.0 Å². The summed E-state index contributed by atoms with van der Waals surface area (Å²) < 4.78 is 11.7. The Labute approximate surface area is 191 Å². The summed E-state index contributed by atoms with van der Waals surface area (Å²) in [5, 5.41) is 12.0. The van der Waals surface area contributed by atoms with Crippen molar-refractivity contribution in [1.29, 1.82) is 0 Å². The number of aliphatic carboxylic acids is 1. The van der Waals surface area contributed by atoms with Crippen molar-refractivity contribution in [2.75, 3.05) is 13.2 Å². The molecule has 2 aromatic carbocycles. The number of rotatable bonds is 8. The maximum Gasteiger partial charge on any atom is 0.407 e. The van der Waals surface area contributed by atoms with Crippen LogP contribution in [0.15, 0.2) is 48.5 Å². The minimum atomic E-state index is -2.07. The summed E-state index contributed by atoms with van der Waals surface area (Å²) in [6.07, 6.45) is -0.851. The van der Waals surface area contributed by atoms with E-state index in [1.807, 2.05) is 24.3 Å². The third-order valence-electron chi connectivity index (χ3n) is 6.54. The Balaban J connectivity index is 1.64. The van der Waals surface area contributed by atoms with Crippen LogP contribution in [0.4, 0.5) is 4.79 Å². The van der Waals surface area contributed by atoms with Gasteiger partial charge in [-0.2, -0.15) is 0 Å². The highest BCUT2D eigenvalue weighted by Gasteiger charge is 2.38. The molecule has 0 saturated carbocycles. The van der Waals surface area contributed by atoms with Crippen molar-refractivity contribution < 1.29 is 23.9 Å². The van der Waals surface area contributed by atoms with E-state index in [1.165, 1.54) is 0 Å². The summed E-state index contributed by atoms with van der Waals surface area (Å²) in [6.45, 7) is 10.9. The van der Waals surface area contributed by atoms with Gasteiger partial charge in [0.1, 0.15) is 6.61 Å². The first-order chi connectivity index (χ1) is 15.0. The second kappa shape index (κ2) is 9.46. The molecule has 1 atom stereocenters. The molecule has 6 nitrogen and oxygen atoms in total. The van der Waals surface area contributed by atoms with Crippen LogP contribution in [0.2, 0.25) is 18.1 Å². The van der Waals surface area contributed by atoms with Crippen LogP contribution >= 0.6 is 0 Å². The van der Waals surface area contributed by atoms with E-state index in [9.17, 15) is 14.7 Å². The standard InChI is InChI=1S/C25H33NO5Si/c1-25(2,3)32(4,5)31-15-17(14-23(27)28)26-24(29)30-16-22-20-12-8-6-10-18(20)19-11-7-9-13-21(19)22/h6-13,17,22H,14-16H2,1-5H3,(H,26,29)(H,27,28)/t17-/m1/s1. The fourth-order valence-corrected chi connectivity index (χ4v) is 4.75. The van der Waals surface area contributed by atoms with E-state index in [2.05, 4.69) is 63.4 Å². The molecule has 2 aromatic rings. The molecule has 3 rings (SSSR count). The quantitative estimate of drug-likeness (QED) is 0.521.